The highest BCUT2D eigenvalue weighted by Gasteiger charge is 2.07. The Balaban J connectivity index is 2.66. The van der Waals surface area contributed by atoms with E-state index in [1.165, 1.54) is 19.3 Å². The minimum Gasteiger partial charge on any atom is -0.308 e. The first-order chi connectivity index (χ1) is 8.17. The summed E-state index contributed by atoms with van der Waals surface area (Å²) in [4.78, 5) is 8.87. The fourth-order valence-corrected chi connectivity index (χ4v) is 2.29. The number of hydrazine groups is 1. The number of hydrogen-bond donors (Lipinski definition) is 2. The molecule has 0 bridgehead atoms. The van der Waals surface area contributed by atoms with Crippen molar-refractivity contribution in [2.75, 3.05) is 11.2 Å². The second-order valence-corrected chi connectivity index (χ2v) is 5.42. The first-order valence-corrected chi connectivity index (χ1v) is 7.14. The Bertz CT molecular complexity index is 341. The van der Waals surface area contributed by atoms with Crippen LogP contribution in [0.2, 0.25) is 0 Å². The zero-order valence-electron chi connectivity index (χ0n) is 10.9. The lowest BCUT2D eigenvalue weighted by Crippen LogP contribution is -2.11. The van der Waals surface area contributed by atoms with Crippen molar-refractivity contribution in [2.45, 2.75) is 51.0 Å². The molecule has 0 unspecified atom stereocenters. The van der Waals surface area contributed by atoms with Gasteiger partial charge in [0.25, 0.3) is 0 Å². The highest BCUT2D eigenvalue weighted by molar-refractivity contribution is 7.99. The normalized spacial score (nSPS) is 10.9. The molecule has 17 heavy (non-hydrogen) atoms. The van der Waals surface area contributed by atoms with E-state index in [-0.39, 0.29) is 0 Å². The van der Waals surface area contributed by atoms with Crippen molar-refractivity contribution in [3.05, 3.63) is 11.9 Å². The van der Waals surface area contributed by atoms with Crippen LogP contribution < -0.4 is 11.3 Å². The van der Waals surface area contributed by atoms with E-state index in [1.807, 2.05) is 6.07 Å². The molecular weight excluding hydrogens is 232 g/mol. The van der Waals surface area contributed by atoms with Gasteiger partial charge >= 0.3 is 0 Å². The number of thioether (sulfide) groups is 1. The molecule has 0 atom stereocenters. The van der Waals surface area contributed by atoms with Gasteiger partial charge in [0.1, 0.15) is 16.7 Å². The molecular formula is C12H22N4S. The van der Waals surface area contributed by atoms with Gasteiger partial charge in [-0.2, -0.15) is 0 Å². The molecule has 1 heterocycles. The van der Waals surface area contributed by atoms with E-state index in [0.29, 0.717) is 11.7 Å². The average Bonchev–Trinajstić information content (AvgIpc) is 2.34. The number of hydrogen-bond acceptors (Lipinski definition) is 5. The van der Waals surface area contributed by atoms with Crippen molar-refractivity contribution in [1.82, 2.24) is 9.97 Å². The van der Waals surface area contributed by atoms with Gasteiger partial charge in [0.15, 0.2) is 0 Å². The molecule has 1 aromatic rings. The fraction of sp³-hybridized carbons (Fsp3) is 0.667. The van der Waals surface area contributed by atoms with Crippen LogP contribution in [0, 0.1) is 0 Å². The van der Waals surface area contributed by atoms with E-state index in [0.717, 1.165) is 16.6 Å². The first-order valence-electron chi connectivity index (χ1n) is 6.15. The molecule has 4 nitrogen and oxygen atoms in total. The van der Waals surface area contributed by atoms with E-state index in [2.05, 4.69) is 36.2 Å². The number of anilines is 1. The molecule has 0 fully saturated rings. The monoisotopic (exact) mass is 254 g/mol. The number of nitrogens with one attached hydrogen (secondary N) is 1. The number of nitrogen functional groups attached to an aromatic ring is 1. The van der Waals surface area contributed by atoms with Crippen molar-refractivity contribution in [2.24, 2.45) is 5.84 Å². The van der Waals surface area contributed by atoms with E-state index in [4.69, 9.17) is 5.84 Å². The van der Waals surface area contributed by atoms with Crippen LogP contribution in [-0.4, -0.2) is 15.7 Å². The third kappa shape index (κ3) is 4.91. The molecule has 0 spiro atoms. The third-order valence-corrected chi connectivity index (χ3v) is 3.38. The molecule has 5 heteroatoms. The smallest absolute Gasteiger partial charge is 0.144 e. The molecule has 0 radical (unpaired) electrons. The lowest BCUT2D eigenvalue weighted by Gasteiger charge is -2.09. The first kappa shape index (κ1) is 14.3. The van der Waals surface area contributed by atoms with Gasteiger partial charge in [-0.25, -0.2) is 15.8 Å². The SMILES string of the molecule is CCCCCSc1cc(NN)nc(C(C)C)n1. The summed E-state index contributed by atoms with van der Waals surface area (Å²) in [6, 6.07) is 1.91. The summed E-state index contributed by atoms with van der Waals surface area (Å²) >= 11 is 1.77. The number of nitrogens with two attached hydrogens (primary N) is 1. The van der Waals surface area contributed by atoms with Crippen molar-refractivity contribution in [3.63, 3.8) is 0 Å². The zero-order valence-corrected chi connectivity index (χ0v) is 11.7. The maximum Gasteiger partial charge on any atom is 0.144 e. The number of aromatic nitrogens is 2. The van der Waals surface area contributed by atoms with Crippen molar-refractivity contribution in [1.29, 1.82) is 0 Å². The highest BCUT2D eigenvalue weighted by Crippen LogP contribution is 2.22. The van der Waals surface area contributed by atoms with E-state index < -0.39 is 0 Å². The average molecular weight is 254 g/mol. The summed E-state index contributed by atoms with van der Waals surface area (Å²) in [5.74, 6) is 8.38. The Kier molecular flexibility index (Phi) is 6.29. The van der Waals surface area contributed by atoms with Gasteiger partial charge < -0.3 is 5.43 Å². The second kappa shape index (κ2) is 7.50. The van der Waals surface area contributed by atoms with Gasteiger partial charge in [0.2, 0.25) is 0 Å². The Morgan fingerprint density at radius 1 is 1.35 bits per heavy atom. The number of unbranched alkanes of at least 4 members (excludes halogenated alkanes) is 2. The number of rotatable bonds is 7. The van der Waals surface area contributed by atoms with Gasteiger partial charge in [-0.15, -0.1) is 11.8 Å². The minimum atomic E-state index is 0.318. The standard InChI is InChI=1S/C12H22N4S/c1-4-5-6-7-17-11-8-10(16-13)14-12(15-11)9(2)3/h8-9H,4-7,13H2,1-3H3,(H,14,15,16). The zero-order chi connectivity index (χ0) is 12.7. The molecule has 1 rings (SSSR count). The van der Waals surface area contributed by atoms with Crippen LogP contribution in [0.15, 0.2) is 11.1 Å². The summed E-state index contributed by atoms with van der Waals surface area (Å²) < 4.78 is 0. The fourth-order valence-electron chi connectivity index (χ4n) is 1.38. The summed E-state index contributed by atoms with van der Waals surface area (Å²) in [5.41, 5.74) is 2.60. The van der Waals surface area contributed by atoms with Gasteiger partial charge in [-0.05, 0) is 12.2 Å². The summed E-state index contributed by atoms with van der Waals surface area (Å²) in [6.45, 7) is 6.38. The molecule has 0 aliphatic rings. The molecule has 96 valence electrons. The van der Waals surface area contributed by atoms with Crippen LogP contribution in [-0.2, 0) is 0 Å². The number of nitrogens with zero attached hydrogens (tertiary/aromatic N) is 2. The molecule has 0 aromatic carbocycles. The quantitative estimate of drug-likeness (QED) is 0.257. The van der Waals surface area contributed by atoms with Gasteiger partial charge in [-0.1, -0.05) is 33.6 Å². The van der Waals surface area contributed by atoms with Crippen LogP contribution in [0.1, 0.15) is 51.8 Å². The Morgan fingerprint density at radius 2 is 2.12 bits per heavy atom. The topological polar surface area (TPSA) is 63.8 Å². The second-order valence-electron chi connectivity index (χ2n) is 4.30. The van der Waals surface area contributed by atoms with Crippen LogP contribution in [0.25, 0.3) is 0 Å². The highest BCUT2D eigenvalue weighted by atomic mass is 32.2. The largest absolute Gasteiger partial charge is 0.308 e. The molecule has 0 saturated carbocycles. The Morgan fingerprint density at radius 3 is 2.71 bits per heavy atom. The van der Waals surface area contributed by atoms with E-state index >= 15 is 0 Å². The maximum absolute atomic E-state index is 5.41. The van der Waals surface area contributed by atoms with Crippen molar-refractivity contribution < 1.29 is 0 Å². The molecule has 1 aromatic heterocycles. The van der Waals surface area contributed by atoms with E-state index in [1.54, 1.807) is 11.8 Å². The molecule has 0 amide bonds. The van der Waals surface area contributed by atoms with Crippen LogP contribution in [0.4, 0.5) is 5.82 Å². The van der Waals surface area contributed by atoms with E-state index in [9.17, 15) is 0 Å². The lowest BCUT2D eigenvalue weighted by atomic mass is 10.2. The van der Waals surface area contributed by atoms with Crippen LogP contribution in [0.3, 0.4) is 0 Å². The summed E-state index contributed by atoms with van der Waals surface area (Å²) in [7, 11) is 0. The Labute approximate surface area is 108 Å². The maximum atomic E-state index is 5.41. The van der Waals surface area contributed by atoms with Crippen LogP contribution >= 0.6 is 11.8 Å². The Hall–Kier alpha value is -0.810. The third-order valence-electron chi connectivity index (χ3n) is 2.38. The van der Waals surface area contributed by atoms with Gasteiger partial charge in [0.05, 0.1) is 0 Å². The molecule has 0 aliphatic heterocycles. The summed E-state index contributed by atoms with van der Waals surface area (Å²) in [5, 5.41) is 1.01. The van der Waals surface area contributed by atoms with Crippen molar-refractivity contribution in [3.8, 4) is 0 Å². The van der Waals surface area contributed by atoms with Gasteiger partial charge in [0, 0.05) is 12.0 Å². The van der Waals surface area contributed by atoms with Crippen LogP contribution in [0.5, 0.6) is 0 Å². The summed E-state index contributed by atoms with van der Waals surface area (Å²) in [6.07, 6.45) is 3.75. The van der Waals surface area contributed by atoms with Crippen molar-refractivity contribution >= 4 is 17.6 Å². The molecule has 0 aliphatic carbocycles. The molecule has 3 N–H and O–H groups in total. The molecule has 0 saturated heterocycles. The predicted octanol–water partition coefficient (Wildman–Crippen LogP) is 3.17. The minimum absolute atomic E-state index is 0.318. The predicted molar refractivity (Wildman–Crippen MR) is 74.2 cm³/mol. The lowest BCUT2D eigenvalue weighted by molar-refractivity contribution is 0.752. The van der Waals surface area contributed by atoms with Gasteiger partial charge in [-0.3, -0.25) is 0 Å².